The molecular formula is C18H27N3OS. The first-order chi connectivity index (χ1) is 11.2. The van der Waals surface area contributed by atoms with Crippen LogP contribution in [0.15, 0.2) is 30.3 Å². The highest BCUT2D eigenvalue weighted by Crippen LogP contribution is 2.24. The Kier molecular flexibility index (Phi) is 5.84. The van der Waals surface area contributed by atoms with Gasteiger partial charge in [0.2, 0.25) is 0 Å². The molecule has 2 aliphatic heterocycles. The minimum Gasteiger partial charge on any atom is -0.338 e. The Morgan fingerprint density at radius 1 is 1.26 bits per heavy atom. The van der Waals surface area contributed by atoms with E-state index in [0.29, 0.717) is 12.0 Å². The van der Waals surface area contributed by atoms with Crippen molar-refractivity contribution in [1.82, 2.24) is 15.1 Å². The van der Waals surface area contributed by atoms with Gasteiger partial charge in [0.25, 0.3) is 0 Å². The molecule has 2 aliphatic rings. The maximum Gasteiger partial charge on any atom is 0.317 e. The summed E-state index contributed by atoms with van der Waals surface area (Å²) in [6.45, 7) is 6.96. The van der Waals surface area contributed by atoms with Crippen LogP contribution in [-0.2, 0) is 6.54 Å². The molecule has 2 atom stereocenters. The van der Waals surface area contributed by atoms with Gasteiger partial charge in [-0.2, -0.15) is 11.8 Å². The van der Waals surface area contributed by atoms with Gasteiger partial charge in [-0.1, -0.05) is 30.3 Å². The molecule has 2 fully saturated rings. The lowest BCUT2D eigenvalue weighted by atomic mass is 10.1. The second kappa shape index (κ2) is 8.06. The van der Waals surface area contributed by atoms with E-state index in [9.17, 15) is 4.79 Å². The number of hydrogen-bond donors (Lipinski definition) is 1. The van der Waals surface area contributed by atoms with E-state index in [1.807, 2.05) is 16.7 Å². The molecule has 4 nitrogen and oxygen atoms in total. The molecule has 2 amide bonds. The van der Waals surface area contributed by atoms with E-state index in [1.54, 1.807) is 0 Å². The van der Waals surface area contributed by atoms with Gasteiger partial charge in [-0.25, -0.2) is 4.79 Å². The summed E-state index contributed by atoms with van der Waals surface area (Å²) in [7, 11) is 0. The van der Waals surface area contributed by atoms with Crippen LogP contribution in [0.3, 0.4) is 0 Å². The summed E-state index contributed by atoms with van der Waals surface area (Å²) in [4.78, 5) is 16.7. The fraction of sp³-hybridized carbons (Fsp3) is 0.611. The monoisotopic (exact) mass is 333 g/mol. The van der Waals surface area contributed by atoms with E-state index in [4.69, 9.17) is 0 Å². The average molecular weight is 334 g/mol. The van der Waals surface area contributed by atoms with E-state index in [1.165, 1.54) is 12.0 Å². The molecule has 1 aromatic rings. The number of rotatable bonds is 4. The van der Waals surface area contributed by atoms with Crippen molar-refractivity contribution in [2.45, 2.75) is 25.9 Å². The first-order valence-electron chi connectivity index (χ1n) is 8.61. The molecule has 1 N–H and O–H groups in total. The van der Waals surface area contributed by atoms with Crippen molar-refractivity contribution in [3.05, 3.63) is 35.9 Å². The van der Waals surface area contributed by atoms with Crippen molar-refractivity contribution in [2.75, 3.05) is 37.7 Å². The second-order valence-corrected chi connectivity index (χ2v) is 7.88. The normalized spacial score (nSPS) is 25.5. The van der Waals surface area contributed by atoms with Gasteiger partial charge in [-0.05, 0) is 24.8 Å². The third-order valence-electron chi connectivity index (χ3n) is 4.86. The molecule has 0 unspecified atom stereocenters. The Morgan fingerprint density at radius 2 is 2.00 bits per heavy atom. The molecule has 0 radical (unpaired) electrons. The number of urea groups is 1. The predicted molar refractivity (Wildman–Crippen MR) is 96.7 cm³/mol. The van der Waals surface area contributed by atoms with Gasteiger partial charge in [-0.15, -0.1) is 0 Å². The van der Waals surface area contributed by atoms with Crippen molar-refractivity contribution in [1.29, 1.82) is 0 Å². The summed E-state index contributed by atoms with van der Waals surface area (Å²) < 4.78 is 0. The van der Waals surface area contributed by atoms with Crippen LogP contribution in [0.25, 0.3) is 0 Å². The van der Waals surface area contributed by atoms with Crippen molar-refractivity contribution in [2.24, 2.45) is 5.92 Å². The first kappa shape index (κ1) is 16.7. The van der Waals surface area contributed by atoms with Gasteiger partial charge in [0.15, 0.2) is 0 Å². The zero-order valence-electron chi connectivity index (χ0n) is 13.9. The molecule has 3 rings (SSSR count). The van der Waals surface area contributed by atoms with E-state index in [-0.39, 0.29) is 6.03 Å². The smallest absolute Gasteiger partial charge is 0.317 e. The van der Waals surface area contributed by atoms with Gasteiger partial charge >= 0.3 is 6.03 Å². The molecule has 0 aliphatic carbocycles. The van der Waals surface area contributed by atoms with Crippen LogP contribution < -0.4 is 5.32 Å². The minimum absolute atomic E-state index is 0.125. The lowest BCUT2D eigenvalue weighted by Gasteiger charge is -2.27. The van der Waals surface area contributed by atoms with Crippen molar-refractivity contribution in [3.63, 3.8) is 0 Å². The highest BCUT2D eigenvalue weighted by molar-refractivity contribution is 7.99. The fourth-order valence-corrected chi connectivity index (χ4v) is 4.42. The number of carbonyl (C=O) groups excluding carboxylic acids is 1. The average Bonchev–Trinajstić information content (AvgIpc) is 2.94. The highest BCUT2D eigenvalue weighted by Gasteiger charge is 2.29. The third-order valence-corrected chi connectivity index (χ3v) is 5.80. The number of amides is 2. The number of carbonyl (C=O) groups is 1. The Hall–Kier alpha value is -1.20. The largest absolute Gasteiger partial charge is 0.338 e. The summed E-state index contributed by atoms with van der Waals surface area (Å²) in [5.74, 6) is 2.70. The number of nitrogens with zero attached hydrogens (tertiary/aromatic N) is 2. The molecule has 2 saturated heterocycles. The van der Waals surface area contributed by atoms with Crippen LogP contribution in [-0.4, -0.2) is 59.6 Å². The van der Waals surface area contributed by atoms with Crippen LogP contribution in [0.2, 0.25) is 0 Å². The minimum atomic E-state index is 0.125. The molecule has 0 saturated carbocycles. The van der Waals surface area contributed by atoms with E-state index in [0.717, 1.165) is 44.2 Å². The number of likely N-dealkylation sites (tertiary alicyclic amines) is 1. The Labute approximate surface area is 143 Å². The zero-order chi connectivity index (χ0) is 16.1. The lowest BCUT2D eigenvalue weighted by Crippen LogP contribution is -2.45. The topological polar surface area (TPSA) is 35.6 Å². The Bertz CT molecular complexity index is 504. The van der Waals surface area contributed by atoms with E-state index >= 15 is 0 Å². The SMILES string of the molecule is C[C@@H]1C[C@H](CNC(=O)N2CCSCC2)CN1Cc1ccccc1. The maximum absolute atomic E-state index is 12.2. The van der Waals surface area contributed by atoms with Crippen LogP contribution in [0, 0.1) is 5.92 Å². The summed E-state index contributed by atoms with van der Waals surface area (Å²) in [6.07, 6.45) is 1.17. The van der Waals surface area contributed by atoms with E-state index < -0.39 is 0 Å². The number of hydrogen-bond acceptors (Lipinski definition) is 3. The van der Waals surface area contributed by atoms with Gasteiger partial charge in [-0.3, -0.25) is 4.90 Å². The fourth-order valence-electron chi connectivity index (χ4n) is 3.51. The van der Waals surface area contributed by atoms with Gasteiger partial charge in [0.05, 0.1) is 0 Å². The molecular weight excluding hydrogens is 306 g/mol. The molecule has 126 valence electrons. The third kappa shape index (κ3) is 4.64. The first-order valence-corrected chi connectivity index (χ1v) is 9.76. The van der Waals surface area contributed by atoms with Crippen LogP contribution in [0.4, 0.5) is 4.79 Å². The van der Waals surface area contributed by atoms with Crippen molar-refractivity contribution < 1.29 is 4.79 Å². The highest BCUT2D eigenvalue weighted by atomic mass is 32.2. The number of benzene rings is 1. The Balaban J connectivity index is 1.44. The van der Waals surface area contributed by atoms with Crippen molar-refractivity contribution >= 4 is 17.8 Å². The van der Waals surface area contributed by atoms with Gasteiger partial charge in [0, 0.05) is 50.3 Å². The molecule has 5 heteroatoms. The summed E-state index contributed by atoms with van der Waals surface area (Å²) >= 11 is 1.93. The predicted octanol–water partition coefficient (Wildman–Crippen LogP) is 2.66. The molecule has 2 heterocycles. The lowest BCUT2D eigenvalue weighted by molar-refractivity contribution is 0.200. The summed E-state index contributed by atoms with van der Waals surface area (Å²) in [6, 6.07) is 11.4. The zero-order valence-corrected chi connectivity index (χ0v) is 14.7. The molecule has 0 aromatic heterocycles. The molecule has 0 bridgehead atoms. The quantitative estimate of drug-likeness (QED) is 0.920. The van der Waals surface area contributed by atoms with Gasteiger partial charge in [0.1, 0.15) is 0 Å². The molecule has 1 aromatic carbocycles. The molecule has 0 spiro atoms. The molecule has 23 heavy (non-hydrogen) atoms. The van der Waals surface area contributed by atoms with E-state index in [2.05, 4.69) is 47.5 Å². The van der Waals surface area contributed by atoms with Crippen molar-refractivity contribution in [3.8, 4) is 0 Å². The van der Waals surface area contributed by atoms with Crippen LogP contribution >= 0.6 is 11.8 Å². The standard InChI is InChI=1S/C18H27N3OS/c1-15-11-17(12-19-18(22)20-7-9-23-10-8-20)14-21(15)13-16-5-3-2-4-6-16/h2-6,15,17H,7-14H2,1H3,(H,19,22)/t15-,17-/m1/s1. The van der Waals surface area contributed by atoms with Crippen LogP contribution in [0.1, 0.15) is 18.9 Å². The maximum atomic E-state index is 12.2. The Morgan fingerprint density at radius 3 is 2.74 bits per heavy atom. The number of nitrogens with one attached hydrogen (secondary N) is 1. The summed E-state index contributed by atoms with van der Waals surface area (Å²) in [5.41, 5.74) is 1.37. The van der Waals surface area contributed by atoms with Crippen LogP contribution in [0.5, 0.6) is 0 Å². The second-order valence-electron chi connectivity index (χ2n) is 6.65. The summed E-state index contributed by atoms with van der Waals surface area (Å²) in [5, 5.41) is 3.15. The van der Waals surface area contributed by atoms with Gasteiger partial charge < -0.3 is 10.2 Å². The number of thioether (sulfide) groups is 1.